The van der Waals surface area contributed by atoms with Gasteiger partial charge in [-0.2, -0.15) is 0 Å². The molecule has 2 aliphatic rings. The molecule has 1 amide bonds. The Morgan fingerprint density at radius 2 is 1.73 bits per heavy atom. The number of amides is 1. The van der Waals surface area contributed by atoms with E-state index in [2.05, 4.69) is 34.6 Å². The van der Waals surface area contributed by atoms with Crippen LogP contribution in [0, 0.1) is 0 Å². The predicted octanol–water partition coefficient (Wildman–Crippen LogP) is 4.29. The molecular formula is C26H25N3O4. The highest BCUT2D eigenvalue weighted by Gasteiger charge is 2.31. The molecule has 1 aliphatic carbocycles. The van der Waals surface area contributed by atoms with Gasteiger partial charge < -0.3 is 20.1 Å². The van der Waals surface area contributed by atoms with Gasteiger partial charge in [0.15, 0.2) is 0 Å². The Balaban J connectivity index is 1.22. The summed E-state index contributed by atoms with van der Waals surface area (Å²) in [6.45, 7) is 1.33. The maximum atomic E-state index is 12.5. The fourth-order valence-electron chi connectivity index (χ4n) is 4.97. The molecule has 0 unspecified atom stereocenters. The zero-order chi connectivity index (χ0) is 22.8. The Morgan fingerprint density at radius 3 is 2.42 bits per heavy atom. The molecule has 2 aromatic carbocycles. The Hall–Kier alpha value is -3.87. The van der Waals surface area contributed by atoms with Crippen LogP contribution in [0.3, 0.4) is 0 Å². The lowest BCUT2D eigenvalue weighted by Gasteiger charge is -2.27. The SMILES string of the molecule is O=C(NC[C@H]1CCCN1c1ncccc1C(=O)O)OCC1c2ccccc2-c2ccccc21. The van der Waals surface area contributed by atoms with E-state index in [0.717, 1.165) is 12.8 Å². The summed E-state index contributed by atoms with van der Waals surface area (Å²) in [7, 11) is 0. The van der Waals surface area contributed by atoms with E-state index < -0.39 is 12.1 Å². The minimum absolute atomic E-state index is 0.0118. The number of carboxylic acids is 1. The smallest absolute Gasteiger partial charge is 0.407 e. The second kappa shape index (κ2) is 8.94. The highest BCUT2D eigenvalue weighted by Crippen LogP contribution is 2.44. The zero-order valence-electron chi connectivity index (χ0n) is 18.1. The molecule has 168 valence electrons. The zero-order valence-corrected chi connectivity index (χ0v) is 18.1. The van der Waals surface area contributed by atoms with Crippen LogP contribution < -0.4 is 10.2 Å². The third-order valence-electron chi connectivity index (χ3n) is 6.49. The summed E-state index contributed by atoms with van der Waals surface area (Å²) in [5.41, 5.74) is 4.89. The first-order chi connectivity index (χ1) is 16.1. The van der Waals surface area contributed by atoms with Crippen molar-refractivity contribution in [1.29, 1.82) is 0 Å². The molecule has 1 saturated heterocycles. The summed E-state index contributed by atoms with van der Waals surface area (Å²) >= 11 is 0. The molecule has 1 fully saturated rings. The molecule has 3 aromatic rings. The number of hydrogen-bond acceptors (Lipinski definition) is 5. The second-order valence-corrected chi connectivity index (χ2v) is 8.38. The fourth-order valence-corrected chi connectivity index (χ4v) is 4.97. The number of carbonyl (C=O) groups is 2. The normalized spacial score (nSPS) is 16.8. The van der Waals surface area contributed by atoms with Crippen molar-refractivity contribution >= 4 is 17.9 Å². The van der Waals surface area contributed by atoms with Crippen molar-refractivity contribution in [3.63, 3.8) is 0 Å². The largest absolute Gasteiger partial charge is 0.478 e. The number of carbonyl (C=O) groups excluding carboxylic acids is 1. The van der Waals surface area contributed by atoms with Gasteiger partial charge in [0.25, 0.3) is 0 Å². The first-order valence-electron chi connectivity index (χ1n) is 11.2. The van der Waals surface area contributed by atoms with Gasteiger partial charge in [0.05, 0.1) is 0 Å². The molecule has 0 saturated carbocycles. The lowest BCUT2D eigenvalue weighted by Crippen LogP contribution is -2.41. The summed E-state index contributed by atoms with van der Waals surface area (Å²) in [5, 5.41) is 12.4. The molecule has 2 heterocycles. The molecule has 7 nitrogen and oxygen atoms in total. The molecule has 1 aromatic heterocycles. The van der Waals surface area contributed by atoms with Gasteiger partial charge >= 0.3 is 12.1 Å². The second-order valence-electron chi connectivity index (χ2n) is 8.38. The van der Waals surface area contributed by atoms with Crippen molar-refractivity contribution in [2.24, 2.45) is 0 Å². The quantitative estimate of drug-likeness (QED) is 0.591. The number of aromatic nitrogens is 1. The minimum Gasteiger partial charge on any atom is -0.478 e. The van der Waals surface area contributed by atoms with Gasteiger partial charge in [-0.05, 0) is 47.2 Å². The lowest BCUT2D eigenvalue weighted by atomic mass is 9.98. The Morgan fingerprint density at radius 1 is 1.03 bits per heavy atom. The molecule has 0 spiro atoms. The van der Waals surface area contributed by atoms with Crippen molar-refractivity contribution in [1.82, 2.24) is 10.3 Å². The number of ether oxygens (including phenoxy) is 1. The number of carboxylic acid groups (broad SMARTS) is 1. The van der Waals surface area contributed by atoms with Crippen LogP contribution in [0.4, 0.5) is 10.6 Å². The van der Waals surface area contributed by atoms with Gasteiger partial charge in [-0.15, -0.1) is 0 Å². The van der Waals surface area contributed by atoms with E-state index >= 15 is 0 Å². The average Bonchev–Trinajstić information content (AvgIpc) is 3.44. The number of anilines is 1. The van der Waals surface area contributed by atoms with E-state index in [-0.39, 0.29) is 24.1 Å². The fraction of sp³-hybridized carbons (Fsp3) is 0.269. The van der Waals surface area contributed by atoms with Crippen LogP contribution in [0.2, 0.25) is 0 Å². The lowest BCUT2D eigenvalue weighted by molar-refractivity contribution is 0.0697. The third-order valence-corrected chi connectivity index (χ3v) is 6.49. The number of benzene rings is 2. The molecule has 33 heavy (non-hydrogen) atoms. The molecular weight excluding hydrogens is 418 g/mol. The highest BCUT2D eigenvalue weighted by atomic mass is 16.5. The van der Waals surface area contributed by atoms with Gasteiger partial charge in [0.1, 0.15) is 18.0 Å². The standard InChI is InChI=1S/C26H25N3O4/c30-25(31)22-12-5-13-27-24(22)29-14-6-7-17(29)15-28-26(32)33-16-23-20-10-3-1-8-18(20)19-9-2-4-11-21(19)23/h1-5,8-13,17,23H,6-7,14-16H2,(H,28,32)(H,30,31)/t17-/m1/s1. The van der Waals surface area contributed by atoms with Crippen LogP contribution >= 0.6 is 0 Å². The maximum absolute atomic E-state index is 12.5. The first-order valence-corrected chi connectivity index (χ1v) is 11.2. The van der Waals surface area contributed by atoms with Gasteiger partial charge in [-0.25, -0.2) is 14.6 Å². The molecule has 1 aliphatic heterocycles. The summed E-state index contributed by atoms with van der Waals surface area (Å²) in [5.74, 6) is -0.548. The molecule has 7 heteroatoms. The molecule has 0 bridgehead atoms. The number of aromatic carboxylic acids is 1. The van der Waals surface area contributed by atoms with E-state index in [1.54, 1.807) is 18.3 Å². The number of hydrogen-bond donors (Lipinski definition) is 2. The van der Waals surface area contributed by atoms with Gasteiger partial charge in [0.2, 0.25) is 0 Å². The summed E-state index contributed by atoms with van der Waals surface area (Å²) < 4.78 is 5.62. The molecule has 1 atom stereocenters. The minimum atomic E-state index is -1.01. The van der Waals surface area contributed by atoms with E-state index in [4.69, 9.17) is 4.74 Å². The van der Waals surface area contributed by atoms with Crippen molar-refractivity contribution in [2.45, 2.75) is 24.8 Å². The number of alkyl carbamates (subject to hydrolysis) is 1. The van der Waals surface area contributed by atoms with Crippen LogP contribution in [-0.2, 0) is 4.74 Å². The van der Waals surface area contributed by atoms with Crippen molar-refractivity contribution in [3.8, 4) is 11.1 Å². The van der Waals surface area contributed by atoms with Crippen LogP contribution in [0.5, 0.6) is 0 Å². The van der Waals surface area contributed by atoms with E-state index in [9.17, 15) is 14.7 Å². The van der Waals surface area contributed by atoms with Crippen LogP contribution in [0.15, 0.2) is 66.9 Å². The Labute approximate surface area is 192 Å². The summed E-state index contributed by atoms with van der Waals surface area (Å²) in [6.07, 6.45) is 2.88. The van der Waals surface area contributed by atoms with Crippen molar-refractivity contribution in [3.05, 3.63) is 83.6 Å². The highest BCUT2D eigenvalue weighted by molar-refractivity contribution is 5.93. The number of rotatable bonds is 6. The Bertz CT molecular complexity index is 1150. The monoisotopic (exact) mass is 443 g/mol. The summed E-state index contributed by atoms with van der Waals surface area (Å²) in [4.78, 5) is 30.4. The first kappa shape index (κ1) is 21.0. The number of fused-ring (bicyclic) bond motifs is 3. The Kier molecular flexibility index (Phi) is 5.69. The van der Waals surface area contributed by atoms with Crippen LogP contribution in [-0.4, -0.2) is 47.9 Å². The third kappa shape index (κ3) is 4.02. The molecule has 0 radical (unpaired) electrons. The van der Waals surface area contributed by atoms with Crippen LogP contribution in [0.1, 0.15) is 40.2 Å². The topological polar surface area (TPSA) is 91.8 Å². The predicted molar refractivity (Wildman–Crippen MR) is 125 cm³/mol. The average molecular weight is 444 g/mol. The van der Waals surface area contributed by atoms with Crippen molar-refractivity contribution in [2.75, 3.05) is 24.6 Å². The van der Waals surface area contributed by atoms with E-state index in [0.29, 0.717) is 18.9 Å². The van der Waals surface area contributed by atoms with Crippen molar-refractivity contribution < 1.29 is 19.4 Å². The van der Waals surface area contributed by atoms with Crippen LogP contribution in [0.25, 0.3) is 11.1 Å². The van der Waals surface area contributed by atoms with E-state index in [1.165, 1.54) is 22.3 Å². The van der Waals surface area contributed by atoms with Gasteiger partial charge in [-0.3, -0.25) is 0 Å². The molecule has 5 rings (SSSR count). The number of nitrogens with zero attached hydrogens (tertiary/aromatic N) is 2. The molecule has 2 N–H and O–H groups in total. The number of nitrogens with one attached hydrogen (secondary N) is 1. The summed E-state index contributed by atoms with van der Waals surface area (Å²) in [6, 6.07) is 19.6. The van der Waals surface area contributed by atoms with Gasteiger partial charge in [-0.1, -0.05) is 48.5 Å². The van der Waals surface area contributed by atoms with Gasteiger partial charge in [0, 0.05) is 31.2 Å². The maximum Gasteiger partial charge on any atom is 0.407 e. The number of pyridine rings is 1. The van der Waals surface area contributed by atoms with E-state index in [1.807, 2.05) is 29.2 Å².